The Bertz CT molecular complexity index is 213. The van der Waals surface area contributed by atoms with E-state index in [0.717, 1.165) is 18.5 Å². The quantitative estimate of drug-likeness (QED) is 0.470. The molecule has 0 radical (unpaired) electrons. The number of carbonyl (C=O) groups is 1. The summed E-state index contributed by atoms with van der Waals surface area (Å²) in [6, 6.07) is 0. The molecular weight excluding hydrogens is 186 g/mol. The molecule has 3 heteroatoms. The third-order valence-corrected chi connectivity index (χ3v) is 2.72. The molecule has 1 amide bonds. The molecule has 1 aliphatic carbocycles. The van der Waals surface area contributed by atoms with E-state index in [1.807, 2.05) is 0 Å². The number of hydrogen-bond donors (Lipinski definition) is 0. The van der Waals surface area contributed by atoms with Crippen LogP contribution in [0.1, 0.15) is 38.5 Å². The molecule has 2 nitrogen and oxygen atoms in total. The number of amides is 1. The minimum absolute atomic E-state index is 0.383. The van der Waals surface area contributed by atoms with Crippen molar-refractivity contribution in [2.24, 2.45) is 0 Å². The van der Waals surface area contributed by atoms with Crippen molar-refractivity contribution in [2.45, 2.75) is 38.5 Å². The zero-order valence-electron chi connectivity index (χ0n) is 8.05. The maximum Gasteiger partial charge on any atom is 0.320 e. The van der Waals surface area contributed by atoms with Crippen molar-refractivity contribution < 1.29 is 4.79 Å². The number of rotatable bonds is 1. The highest BCUT2D eigenvalue weighted by atomic mass is 35.5. The fourth-order valence-corrected chi connectivity index (χ4v) is 1.70. The molecule has 0 bridgehead atoms. The first-order chi connectivity index (χ1) is 6.22. The molecule has 1 rings (SSSR count). The molecule has 0 aliphatic heterocycles. The normalized spacial score (nSPS) is 18.5. The lowest BCUT2D eigenvalue weighted by molar-refractivity contribution is 0.239. The van der Waals surface area contributed by atoms with Crippen LogP contribution in [0.3, 0.4) is 0 Å². The maximum absolute atomic E-state index is 10.9. The van der Waals surface area contributed by atoms with Crippen molar-refractivity contribution in [1.82, 2.24) is 4.90 Å². The Labute approximate surface area is 84.6 Å². The fraction of sp³-hybridized carbons (Fsp3) is 0.700. The van der Waals surface area contributed by atoms with E-state index in [-0.39, 0.29) is 5.37 Å². The van der Waals surface area contributed by atoms with Crippen LogP contribution >= 0.6 is 11.6 Å². The highest BCUT2D eigenvalue weighted by Crippen LogP contribution is 2.19. The zero-order chi connectivity index (χ0) is 9.68. The third-order valence-electron chi connectivity index (χ3n) is 2.46. The number of nitrogens with zero attached hydrogens (tertiary/aromatic N) is 1. The van der Waals surface area contributed by atoms with Crippen LogP contribution in [0, 0.1) is 0 Å². The van der Waals surface area contributed by atoms with E-state index in [4.69, 9.17) is 11.6 Å². The van der Waals surface area contributed by atoms with Gasteiger partial charge in [0.2, 0.25) is 0 Å². The standard InChI is InChI=1S/C10H16ClNO/c1-12(10(11)13)9-7-5-3-2-4-6-8-9/h7H,2-6,8H2,1H3. The van der Waals surface area contributed by atoms with Gasteiger partial charge < -0.3 is 4.90 Å². The van der Waals surface area contributed by atoms with Crippen LogP contribution in [0.2, 0.25) is 0 Å². The molecule has 0 atom stereocenters. The van der Waals surface area contributed by atoms with E-state index in [1.54, 1.807) is 11.9 Å². The van der Waals surface area contributed by atoms with Gasteiger partial charge in [-0.2, -0.15) is 0 Å². The predicted molar refractivity (Wildman–Crippen MR) is 54.8 cm³/mol. The smallest absolute Gasteiger partial charge is 0.306 e. The summed E-state index contributed by atoms with van der Waals surface area (Å²) in [4.78, 5) is 12.4. The minimum atomic E-state index is -0.383. The lowest BCUT2D eigenvalue weighted by atomic mass is 10.0. The molecule has 0 N–H and O–H groups in total. The van der Waals surface area contributed by atoms with Crippen LogP contribution in [0.5, 0.6) is 0 Å². The van der Waals surface area contributed by atoms with E-state index in [0.29, 0.717) is 0 Å². The van der Waals surface area contributed by atoms with Gasteiger partial charge in [-0.1, -0.05) is 18.9 Å². The Morgan fingerprint density at radius 3 is 2.77 bits per heavy atom. The number of carbonyl (C=O) groups excluding carboxylic acids is 1. The minimum Gasteiger partial charge on any atom is -0.306 e. The summed E-state index contributed by atoms with van der Waals surface area (Å²) in [5.74, 6) is 0. The van der Waals surface area contributed by atoms with Crippen molar-refractivity contribution in [2.75, 3.05) is 7.05 Å². The molecule has 0 saturated heterocycles. The molecule has 0 heterocycles. The third kappa shape index (κ3) is 3.39. The topological polar surface area (TPSA) is 20.3 Å². The monoisotopic (exact) mass is 201 g/mol. The van der Waals surface area contributed by atoms with Crippen LogP contribution in [0.25, 0.3) is 0 Å². The molecule has 0 fully saturated rings. The van der Waals surface area contributed by atoms with Gasteiger partial charge in [-0.25, -0.2) is 0 Å². The molecule has 13 heavy (non-hydrogen) atoms. The molecule has 0 aromatic rings. The van der Waals surface area contributed by atoms with Crippen LogP contribution in [0.15, 0.2) is 11.8 Å². The molecule has 0 unspecified atom stereocenters. The van der Waals surface area contributed by atoms with Gasteiger partial charge >= 0.3 is 5.37 Å². The van der Waals surface area contributed by atoms with Crippen molar-refractivity contribution in [3.63, 3.8) is 0 Å². The SMILES string of the molecule is CN(C(=O)Cl)C1=CCCCCCC1. The zero-order valence-corrected chi connectivity index (χ0v) is 8.81. The van der Waals surface area contributed by atoms with Gasteiger partial charge in [0, 0.05) is 12.7 Å². The van der Waals surface area contributed by atoms with Gasteiger partial charge in [-0.15, -0.1) is 0 Å². The Morgan fingerprint density at radius 1 is 1.38 bits per heavy atom. The maximum atomic E-state index is 10.9. The molecule has 0 saturated carbocycles. The highest BCUT2D eigenvalue weighted by molar-refractivity contribution is 6.63. The number of halogens is 1. The molecule has 0 spiro atoms. The Morgan fingerprint density at radius 2 is 2.08 bits per heavy atom. The Kier molecular flexibility index (Phi) is 4.29. The molecule has 74 valence electrons. The average molecular weight is 202 g/mol. The van der Waals surface area contributed by atoms with Gasteiger partial charge in [-0.05, 0) is 37.3 Å². The predicted octanol–water partition coefficient (Wildman–Crippen LogP) is 3.52. The van der Waals surface area contributed by atoms with Gasteiger partial charge in [0.05, 0.1) is 0 Å². The lowest BCUT2D eigenvalue weighted by Crippen LogP contribution is -2.20. The fourth-order valence-electron chi connectivity index (χ4n) is 1.59. The summed E-state index contributed by atoms with van der Waals surface area (Å²) in [5, 5.41) is -0.383. The van der Waals surface area contributed by atoms with Crippen LogP contribution in [0.4, 0.5) is 4.79 Å². The van der Waals surface area contributed by atoms with Crippen molar-refractivity contribution in [1.29, 1.82) is 0 Å². The van der Waals surface area contributed by atoms with E-state index >= 15 is 0 Å². The second kappa shape index (κ2) is 5.28. The average Bonchev–Trinajstić information content (AvgIpc) is 2.02. The van der Waals surface area contributed by atoms with Crippen molar-refractivity contribution >= 4 is 17.0 Å². The summed E-state index contributed by atoms with van der Waals surface area (Å²) in [6.45, 7) is 0. The van der Waals surface area contributed by atoms with E-state index in [9.17, 15) is 4.79 Å². The Balaban J connectivity index is 2.58. The highest BCUT2D eigenvalue weighted by Gasteiger charge is 2.11. The number of hydrogen-bond acceptors (Lipinski definition) is 1. The Hall–Kier alpha value is -0.500. The van der Waals surface area contributed by atoms with Crippen molar-refractivity contribution in [3.05, 3.63) is 11.8 Å². The largest absolute Gasteiger partial charge is 0.320 e. The van der Waals surface area contributed by atoms with E-state index < -0.39 is 0 Å². The first-order valence-electron chi connectivity index (χ1n) is 4.84. The first kappa shape index (κ1) is 10.6. The van der Waals surface area contributed by atoms with Crippen LogP contribution in [-0.2, 0) is 0 Å². The summed E-state index contributed by atoms with van der Waals surface area (Å²) in [7, 11) is 1.74. The second-order valence-corrected chi connectivity index (χ2v) is 3.78. The summed E-state index contributed by atoms with van der Waals surface area (Å²) in [5.41, 5.74) is 1.08. The van der Waals surface area contributed by atoms with Crippen LogP contribution in [-0.4, -0.2) is 17.3 Å². The van der Waals surface area contributed by atoms with E-state index in [2.05, 4.69) is 6.08 Å². The molecule has 0 aromatic carbocycles. The second-order valence-electron chi connectivity index (χ2n) is 3.46. The summed E-state index contributed by atoms with van der Waals surface area (Å²) in [6.07, 6.45) is 9.16. The van der Waals surface area contributed by atoms with Gasteiger partial charge in [0.15, 0.2) is 0 Å². The van der Waals surface area contributed by atoms with Crippen molar-refractivity contribution in [3.8, 4) is 0 Å². The molecule has 0 aromatic heterocycles. The van der Waals surface area contributed by atoms with Gasteiger partial charge in [0.25, 0.3) is 0 Å². The molecule has 1 aliphatic rings. The molecular formula is C10H16ClNO. The lowest BCUT2D eigenvalue weighted by Gasteiger charge is -2.19. The van der Waals surface area contributed by atoms with Crippen LogP contribution < -0.4 is 0 Å². The summed E-state index contributed by atoms with van der Waals surface area (Å²) >= 11 is 5.40. The van der Waals surface area contributed by atoms with Gasteiger partial charge in [0.1, 0.15) is 0 Å². The first-order valence-corrected chi connectivity index (χ1v) is 5.22. The van der Waals surface area contributed by atoms with E-state index in [1.165, 1.54) is 25.7 Å². The van der Waals surface area contributed by atoms with Gasteiger partial charge in [-0.3, -0.25) is 4.79 Å². The number of allylic oxidation sites excluding steroid dienone is 2. The summed E-state index contributed by atoms with van der Waals surface area (Å²) < 4.78 is 0.